The fourth-order valence-corrected chi connectivity index (χ4v) is 2.93. The number of halogens is 2. The van der Waals surface area contributed by atoms with Gasteiger partial charge in [-0.1, -0.05) is 30.3 Å². The number of nitrogens with zero attached hydrogens (tertiary/aromatic N) is 2. The summed E-state index contributed by atoms with van der Waals surface area (Å²) in [6.07, 6.45) is 0. The normalized spacial score (nSPS) is 15.0. The Morgan fingerprint density at radius 2 is 1.52 bits per heavy atom. The van der Waals surface area contributed by atoms with E-state index in [1.54, 1.807) is 0 Å². The third-order valence-corrected chi connectivity index (χ3v) is 4.24. The number of nitrogens with two attached hydrogens (primary N) is 1. The number of benzene rings is 2. The summed E-state index contributed by atoms with van der Waals surface area (Å²) in [7, 11) is 0. The zero-order chi connectivity index (χ0) is 15.9. The Morgan fingerprint density at radius 1 is 0.840 bits per heavy atom. The molecule has 1 heterocycles. The molecule has 4 nitrogen and oxygen atoms in total. The minimum absolute atomic E-state index is 0. The van der Waals surface area contributed by atoms with Crippen LogP contribution in [0.5, 0.6) is 5.75 Å². The first-order chi connectivity index (χ1) is 11.3. The van der Waals surface area contributed by atoms with Gasteiger partial charge in [-0.05, 0) is 29.8 Å². The molecule has 3 rings (SSSR count). The maximum Gasteiger partial charge on any atom is 0.119 e. The van der Waals surface area contributed by atoms with Gasteiger partial charge in [-0.2, -0.15) is 0 Å². The van der Waals surface area contributed by atoms with Gasteiger partial charge in [0.15, 0.2) is 0 Å². The molecule has 1 saturated heterocycles. The highest BCUT2D eigenvalue weighted by Gasteiger charge is 2.16. The Hall–Kier alpha value is -1.46. The zero-order valence-electron chi connectivity index (χ0n) is 14.3. The quantitative estimate of drug-likeness (QED) is 0.776. The van der Waals surface area contributed by atoms with E-state index in [2.05, 4.69) is 21.9 Å². The number of para-hydroxylation sites is 1. The van der Waals surface area contributed by atoms with Gasteiger partial charge in [-0.15, -0.1) is 24.8 Å². The van der Waals surface area contributed by atoms with Crippen LogP contribution >= 0.6 is 24.8 Å². The van der Waals surface area contributed by atoms with Crippen molar-refractivity contribution < 1.29 is 4.74 Å². The van der Waals surface area contributed by atoms with Crippen LogP contribution in [0.2, 0.25) is 0 Å². The van der Waals surface area contributed by atoms with Crippen LogP contribution in [-0.4, -0.2) is 49.1 Å². The zero-order valence-corrected chi connectivity index (χ0v) is 16.0. The van der Waals surface area contributed by atoms with E-state index in [9.17, 15) is 0 Å². The van der Waals surface area contributed by atoms with Gasteiger partial charge in [0.25, 0.3) is 0 Å². The summed E-state index contributed by atoms with van der Waals surface area (Å²) in [5.41, 5.74) is 7.99. The van der Waals surface area contributed by atoms with Gasteiger partial charge in [-0.25, -0.2) is 0 Å². The van der Waals surface area contributed by atoms with E-state index in [0.29, 0.717) is 0 Å². The van der Waals surface area contributed by atoms with Crippen LogP contribution < -0.4 is 10.5 Å². The molecule has 0 unspecified atom stereocenters. The van der Waals surface area contributed by atoms with Gasteiger partial charge in [0.1, 0.15) is 12.4 Å². The van der Waals surface area contributed by atoms with E-state index >= 15 is 0 Å². The average Bonchev–Trinajstić information content (AvgIpc) is 2.58. The maximum atomic E-state index is 5.85. The van der Waals surface area contributed by atoms with Crippen molar-refractivity contribution in [3.8, 4) is 5.75 Å². The van der Waals surface area contributed by atoms with Crippen molar-refractivity contribution in [3.05, 3.63) is 60.2 Å². The molecule has 0 aliphatic carbocycles. The molecule has 6 heteroatoms. The van der Waals surface area contributed by atoms with Crippen LogP contribution in [0.25, 0.3) is 0 Å². The molecule has 2 aromatic rings. The third-order valence-electron chi connectivity index (χ3n) is 4.24. The van der Waals surface area contributed by atoms with Crippen LogP contribution in [0.15, 0.2) is 54.6 Å². The van der Waals surface area contributed by atoms with Crippen molar-refractivity contribution in [2.45, 2.75) is 6.54 Å². The van der Waals surface area contributed by atoms with Crippen molar-refractivity contribution in [1.29, 1.82) is 0 Å². The predicted octanol–water partition coefficient (Wildman–Crippen LogP) is 3.31. The molecule has 138 valence electrons. The Kier molecular flexibility index (Phi) is 9.68. The summed E-state index contributed by atoms with van der Waals surface area (Å²) in [6.45, 7) is 7.11. The van der Waals surface area contributed by atoms with Crippen LogP contribution in [0.1, 0.15) is 5.56 Å². The summed E-state index contributed by atoms with van der Waals surface area (Å²) in [5, 5.41) is 0. The lowest BCUT2D eigenvalue weighted by Gasteiger charge is -2.34. The van der Waals surface area contributed by atoms with Gasteiger partial charge >= 0.3 is 0 Å². The Morgan fingerprint density at radius 3 is 2.20 bits per heavy atom. The summed E-state index contributed by atoms with van der Waals surface area (Å²) in [5.74, 6) is 0.952. The van der Waals surface area contributed by atoms with Crippen LogP contribution in [0.4, 0.5) is 5.69 Å². The minimum atomic E-state index is 0. The number of hydrogen-bond donors (Lipinski definition) is 1. The van der Waals surface area contributed by atoms with Gasteiger partial charge < -0.3 is 10.5 Å². The van der Waals surface area contributed by atoms with E-state index in [4.69, 9.17) is 10.5 Å². The largest absolute Gasteiger partial charge is 0.492 e. The Balaban J connectivity index is 0.00000156. The number of nitrogen functional groups attached to an aromatic ring is 1. The number of hydrogen-bond acceptors (Lipinski definition) is 4. The second kappa shape index (κ2) is 11.2. The topological polar surface area (TPSA) is 41.7 Å². The van der Waals surface area contributed by atoms with Gasteiger partial charge in [0, 0.05) is 45.0 Å². The average molecular weight is 384 g/mol. The summed E-state index contributed by atoms with van der Waals surface area (Å²) >= 11 is 0. The lowest BCUT2D eigenvalue weighted by molar-refractivity contribution is 0.112. The smallest absolute Gasteiger partial charge is 0.119 e. The second-order valence-corrected chi connectivity index (χ2v) is 6.02. The molecule has 1 aliphatic heterocycles. The van der Waals surface area contributed by atoms with Crippen molar-refractivity contribution in [1.82, 2.24) is 9.80 Å². The number of piperazine rings is 1. The number of rotatable bonds is 6. The standard InChI is InChI=1S/C19H25N3O.2ClH/c20-18-6-4-5-17(15-18)16-22-11-9-21(10-12-22)13-14-23-19-7-2-1-3-8-19;;/h1-8,15H,9-14,16,20H2;2*1H. The van der Waals surface area contributed by atoms with E-state index in [1.807, 2.05) is 42.5 Å². The fourth-order valence-electron chi connectivity index (χ4n) is 2.93. The highest BCUT2D eigenvalue weighted by atomic mass is 35.5. The summed E-state index contributed by atoms with van der Waals surface area (Å²) in [6, 6.07) is 18.2. The lowest BCUT2D eigenvalue weighted by atomic mass is 10.2. The van der Waals surface area contributed by atoms with Gasteiger partial charge in [0.05, 0.1) is 0 Å². The molecule has 1 aliphatic rings. The van der Waals surface area contributed by atoms with E-state index in [-0.39, 0.29) is 24.8 Å². The number of ether oxygens (including phenoxy) is 1. The molecule has 2 N–H and O–H groups in total. The minimum Gasteiger partial charge on any atom is -0.492 e. The summed E-state index contributed by atoms with van der Waals surface area (Å²) < 4.78 is 5.78. The van der Waals surface area contributed by atoms with Crippen molar-refractivity contribution >= 4 is 30.5 Å². The van der Waals surface area contributed by atoms with Crippen LogP contribution in [-0.2, 0) is 6.54 Å². The molecule has 0 radical (unpaired) electrons. The number of anilines is 1. The fraction of sp³-hybridized carbons (Fsp3) is 0.368. The first-order valence-corrected chi connectivity index (χ1v) is 8.26. The van der Waals surface area contributed by atoms with Crippen LogP contribution in [0.3, 0.4) is 0 Å². The molecule has 0 saturated carbocycles. The summed E-state index contributed by atoms with van der Waals surface area (Å²) in [4.78, 5) is 4.96. The Bertz CT molecular complexity index is 605. The SMILES string of the molecule is Cl.Cl.Nc1cccc(CN2CCN(CCOc3ccccc3)CC2)c1. The monoisotopic (exact) mass is 383 g/mol. The second-order valence-electron chi connectivity index (χ2n) is 6.02. The van der Waals surface area contributed by atoms with Crippen molar-refractivity contribution in [2.75, 3.05) is 45.1 Å². The predicted molar refractivity (Wildman–Crippen MR) is 109 cm³/mol. The molecule has 0 atom stereocenters. The van der Waals surface area contributed by atoms with Crippen LogP contribution in [0, 0.1) is 0 Å². The molecule has 1 fully saturated rings. The van der Waals surface area contributed by atoms with Gasteiger partial charge in [0.2, 0.25) is 0 Å². The van der Waals surface area contributed by atoms with Gasteiger partial charge in [-0.3, -0.25) is 9.80 Å². The molecule has 0 bridgehead atoms. The molecule has 0 amide bonds. The molecule has 25 heavy (non-hydrogen) atoms. The van der Waals surface area contributed by atoms with E-state index in [0.717, 1.165) is 57.3 Å². The first-order valence-electron chi connectivity index (χ1n) is 8.26. The molecular weight excluding hydrogens is 357 g/mol. The van der Waals surface area contributed by atoms with Crippen molar-refractivity contribution in [2.24, 2.45) is 0 Å². The highest BCUT2D eigenvalue weighted by Crippen LogP contribution is 2.12. The molecular formula is C19H27Cl2N3O. The Labute approximate surface area is 162 Å². The van der Waals surface area contributed by atoms with E-state index < -0.39 is 0 Å². The molecule has 0 spiro atoms. The first kappa shape index (κ1) is 21.6. The van der Waals surface area contributed by atoms with Crippen molar-refractivity contribution in [3.63, 3.8) is 0 Å². The van der Waals surface area contributed by atoms with E-state index in [1.165, 1.54) is 5.56 Å². The molecule has 0 aromatic heterocycles. The lowest BCUT2D eigenvalue weighted by Crippen LogP contribution is -2.47. The highest BCUT2D eigenvalue weighted by molar-refractivity contribution is 5.85. The maximum absolute atomic E-state index is 5.85. The molecule has 2 aromatic carbocycles. The third kappa shape index (κ3) is 7.12.